The second-order valence-electron chi connectivity index (χ2n) is 5.31. The molecule has 1 fully saturated rings. The maximum absolute atomic E-state index is 13.9. The maximum atomic E-state index is 13.9. The summed E-state index contributed by atoms with van der Waals surface area (Å²) in [6.07, 6.45) is -0.349. The fourth-order valence-corrected chi connectivity index (χ4v) is 2.80. The third kappa shape index (κ3) is 3.30. The van der Waals surface area contributed by atoms with Gasteiger partial charge in [0.1, 0.15) is 12.4 Å². The van der Waals surface area contributed by atoms with Crippen LogP contribution in [0.1, 0.15) is 17.0 Å². The van der Waals surface area contributed by atoms with Crippen LogP contribution in [-0.4, -0.2) is 24.1 Å². The van der Waals surface area contributed by atoms with E-state index < -0.39 is 0 Å². The van der Waals surface area contributed by atoms with Crippen molar-refractivity contribution in [1.82, 2.24) is 4.90 Å². The molecule has 1 saturated heterocycles. The summed E-state index contributed by atoms with van der Waals surface area (Å²) in [5, 5.41) is 0. The molecule has 0 saturated carbocycles. The van der Waals surface area contributed by atoms with E-state index in [1.807, 2.05) is 36.4 Å². The molecule has 0 spiro atoms. The zero-order valence-corrected chi connectivity index (χ0v) is 13.4. The Labute approximate surface area is 136 Å². The summed E-state index contributed by atoms with van der Waals surface area (Å²) in [5.41, 5.74) is 1.60. The Kier molecular flexibility index (Phi) is 4.43. The first-order chi connectivity index (χ1) is 10.6. The molecule has 0 aliphatic carbocycles. The van der Waals surface area contributed by atoms with Crippen LogP contribution < -0.4 is 0 Å². The number of nitrogens with zero attached hydrogens (tertiary/aromatic N) is 1. The lowest BCUT2D eigenvalue weighted by Crippen LogP contribution is -2.48. The molecular formula is C17H15BrFNO2. The van der Waals surface area contributed by atoms with Gasteiger partial charge in [-0.1, -0.05) is 52.3 Å². The number of amides is 1. The number of halogens is 2. The lowest BCUT2D eigenvalue weighted by atomic mass is 9.91. The van der Waals surface area contributed by atoms with Gasteiger partial charge >= 0.3 is 6.09 Å². The lowest BCUT2D eigenvalue weighted by molar-refractivity contribution is 0.0658. The van der Waals surface area contributed by atoms with Crippen LogP contribution in [0.5, 0.6) is 0 Å². The van der Waals surface area contributed by atoms with E-state index in [2.05, 4.69) is 15.9 Å². The van der Waals surface area contributed by atoms with Crippen LogP contribution in [-0.2, 0) is 11.3 Å². The molecule has 3 rings (SSSR count). The molecule has 3 nitrogen and oxygen atoms in total. The van der Waals surface area contributed by atoms with Crippen LogP contribution in [0.2, 0.25) is 0 Å². The molecule has 0 unspecified atom stereocenters. The highest BCUT2D eigenvalue weighted by molar-refractivity contribution is 9.10. The van der Waals surface area contributed by atoms with Crippen molar-refractivity contribution >= 4 is 22.0 Å². The van der Waals surface area contributed by atoms with E-state index in [0.717, 1.165) is 5.56 Å². The van der Waals surface area contributed by atoms with E-state index in [1.54, 1.807) is 11.0 Å². The number of hydrogen-bond donors (Lipinski definition) is 0. The monoisotopic (exact) mass is 363 g/mol. The molecule has 0 bridgehead atoms. The fraction of sp³-hybridized carbons (Fsp3) is 0.235. The molecule has 2 aromatic carbocycles. The molecule has 22 heavy (non-hydrogen) atoms. The van der Waals surface area contributed by atoms with Gasteiger partial charge in [-0.15, -0.1) is 0 Å². The quantitative estimate of drug-likeness (QED) is 0.812. The molecule has 1 amide bonds. The van der Waals surface area contributed by atoms with Crippen molar-refractivity contribution in [1.29, 1.82) is 0 Å². The van der Waals surface area contributed by atoms with Crippen LogP contribution >= 0.6 is 15.9 Å². The van der Waals surface area contributed by atoms with E-state index in [1.165, 1.54) is 6.07 Å². The normalized spacial score (nSPS) is 14.5. The first-order valence-electron chi connectivity index (χ1n) is 7.04. The highest BCUT2D eigenvalue weighted by Gasteiger charge is 2.34. The number of ether oxygens (including phenoxy) is 1. The first kappa shape index (κ1) is 15.0. The summed E-state index contributed by atoms with van der Waals surface area (Å²) in [7, 11) is 0. The van der Waals surface area contributed by atoms with Gasteiger partial charge in [0, 0.05) is 23.5 Å². The van der Waals surface area contributed by atoms with Gasteiger partial charge in [-0.25, -0.2) is 9.18 Å². The molecule has 1 aliphatic heterocycles. The summed E-state index contributed by atoms with van der Waals surface area (Å²) in [6, 6.07) is 14.6. The molecule has 0 N–H and O–H groups in total. The smallest absolute Gasteiger partial charge is 0.410 e. The van der Waals surface area contributed by atoms with Crippen molar-refractivity contribution in [2.75, 3.05) is 13.1 Å². The Balaban J connectivity index is 1.51. The first-order valence-corrected chi connectivity index (χ1v) is 7.83. The number of benzene rings is 2. The summed E-state index contributed by atoms with van der Waals surface area (Å²) >= 11 is 3.24. The van der Waals surface area contributed by atoms with Crippen LogP contribution in [0.25, 0.3) is 0 Å². The number of likely N-dealkylation sites (tertiary alicyclic amines) is 1. The third-order valence-corrected chi connectivity index (χ3v) is 4.24. The number of carbonyl (C=O) groups is 1. The van der Waals surface area contributed by atoms with Crippen molar-refractivity contribution in [2.24, 2.45) is 0 Å². The second kappa shape index (κ2) is 6.48. The standard InChI is InChI=1S/C17H15BrFNO2/c18-14-6-7-15(16(19)8-14)13-9-20(10-13)17(21)22-11-12-4-2-1-3-5-12/h1-8,13H,9-11H2. The van der Waals surface area contributed by atoms with Gasteiger partial charge < -0.3 is 9.64 Å². The van der Waals surface area contributed by atoms with Crippen LogP contribution in [0.15, 0.2) is 53.0 Å². The van der Waals surface area contributed by atoms with Crippen LogP contribution in [0.4, 0.5) is 9.18 Å². The minimum absolute atomic E-state index is 0.0392. The second-order valence-corrected chi connectivity index (χ2v) is 6.22. The summed E-state index contributed by atoms with van der Waals surface area (Å²) in [4.78, 5) is 13.5. The van der Waals surface area contributed by atoms with Crippen molar-refractivity contribution in [3.05, 3.63) is 69.9 Å². The highest BCUT2D eigenvalue weighted by Crippen LogP contribution is 2.30. The average Bonchev–Trinajstić information content (AvgIpc) is 2.47. The Bertz CT molecular complexity index is 672. The van der Waals surface area contributed by atoms with E-state index in [0.29, 0.717) is 23.1 Å². The van der Waals surface area contributed by atoms with E-state index in [9.17, 15) is 9.18 Å². The van der Waals surface area contributed by atoms with E-state index in [-0.39, 0.29) is 24.4 Å². The van der Waals surface area contributed by atoms with Crippen molar-refractivity contribution in [3.63, 3.8) is 0 Å². The molecular weight excluding hydrogens is 349 g/mol. The molecule has 0 atom stereocenters. The Morgan fingerprint density at radius 3 is 2.64 bits per heavy atom. The summed E-state index contributed by atoms with van der Waals surface area (Å²) < 4.78 is 19.8. The molecule has 5 heteroatoms. The zero-order chi connectivity index (χ0) is 15.5. The van der Waals surface area contributed by atoms with Crippen LogP contribution in [0.3, 0.4) is 0 Å². The number of rotatable bonds is 3. The van der Waals surface area contributed by atoms with Gasteiger partial charge in [0.05, 0.1) is 0 Å². The summed E-state index contributed by atoms with van der Waals surface area (Å²) in [5.74, 6) is -0.200. The summed E-state index contributed by atoms with van der Waals surface area (Å²) in [6.45, 7) is 1.24. The maximum Gasteiger partial charge on any atom is 0.410 e. The predicted molar refractivity (Wildman–Crippen MR) is 85.0 cm³/mol. The predicted octanol–water partition coefficient (Wildman–Crippen LogP) is 4.32. The van der Waals surface area contributed by atoms with Gasteiger partial charge in [0.15, 0.2) is 0 Å². The topological polar surface area (TPSA) is 29.5 Å². The highest BCUT2D eigenvalue weighted by atomic mass is 79.9. The molecule has 0 radical (unpaired) electrons. The SMILES string of the molecule is O=C(OCc1ccccc1)N1CC(c2ccc(Br)cc2F)C1. The molecule has 114 valence electrons. The Morgan fingerprint density at radius 1 is 1.23 bits per heavy atom. The molecule has 1 heterocycles. The lowest BCUT2D eigenvalue weighted by Gasteiger charge is -2.38. The number of hydrogen-bond acceptors (Lipinski definition) is 2. The van der Waals surface area contributed by atoms with Crippen molar-refractivity contribution in [3.8, 4) is 0 Å². The molecule has 1 aliphatic rings. The van der Waals surface area contributed by atoms with Gasteiger partial charge in [-0.2, -0.15) is 0 Å². The Hall–Kier alpha value is -1.88. The van der Waals surface area contributed by atoms with Crippen molar-refractivity contribution in [2.45, 2.75) is 12.5 Å². The van der Waals surface area contributed by atoms with E-state index in [4.69, 9.17) is 4.74 Å². The largest absolute Gasteiger partial charge is 0.445 e. The fourth-order valence-electron chi connectivity index (χ4n) is 2.47. The average molecular weight is 364 g/mol. The van der Waals surface area contributed by atoms with E-state index >= 15 is 0 Å². The van der Waals surface area contributed by atoms with Gasteiger partial charge in [-0.3, -0.25) is 0 Å². The molecule has 2 aromatic rings. The van der Waals surface area contributed by atoms with Gasteiger partial charge in [0.2, 0.25) is 0 Å². The zero-order valence-electron chi connectivity index (χ0n) is 11.8. The third-order valence-electron chi connectivity index (χ3n) is 3.75. The minimum Gasteiger partial charge on any atom is -0.445 e. The van der Waals surface area contributed by atoms with Gasteiger partial charge in [-0.05, 0) is 23.3 Å². The Morgan fingerprint density at radius 2 is 1.95 bits per heavy atom. The van der Waals surface area contributed by atoms with Crippen molar-refractivity contribution < 1.29 is 13.9 Å². The number of carbonyl (C=O) groups excluding carboxylic acids is 1. The van der Waals surface area contributed by atoms with Gasteiger partial charge in [0.25, 0.3) is 0 Å². The van der Waals surface area contributed by atoms with Crippen LogP contribution in [0, 0.1) is 5.82 Å². The minimum atomic E-state index is -0.349. The molecule has 0 aromatic heterocycles.